The normalized spacial score (nSPS) is 10.9. The summed E-state index contributed by atoms with van der Waals surface area (Å²) in [6.07, 6.45) is 0. The Morgan fingerprint density at radius 1 is 1.10 bits per heavy atom. The predicted octanol–water partition coefficient (Wildman–Crippen LogP) is 3.38. The minimum atomic E-state index is -0.312. The number of hydrogen-bond donors (Lipinski definition) is 0. The Morgan fingerprint density at radius 2 is 1.93 bits per heavy atom. The summed E-state index contributed by atoms with van der Waals surface area (Å²) in [7, 11) is 1.56. The lowest BCUT2D eigenvalue weighted by molar-refractivity contribution is 0.303. The number of tetrazole rings is 1. The van der Waals surface area contributed by atoms with Crippen molar-refractivity contribution in [2.45, 2.75) is 20.5 Å². The van der Waals surface area contributed by atoms with Crippen molar-refractivity contribution in [2.75, 3.05) is 6.61 Å². The first-order valence-corrected chi connectivity index (χ1v) is 10.3. The van der Waals surface area contributed by atoms with Crippen molar-refractivity contribution in [3.8, 4) is 27.9 Å². The molecule has 0 bridgehead atoms. The van der Waals surface area contributed by atoms with Crippen LogP contribution in [0.1, 0.15) is 18.1 Å². The van der Waals surface area contributed by atoms with Gasteiger partial charge < -0.3 is 9.47 Å². The molecule has 8 nitrogen and oxygen atoms in total. The lowest BCUT2D eigenvalue weighted by Crippen LogP contribution is -2.23. The van der Waals surface area contributed by atoms with Crippen molar-refractivity contribution in [2.24, 2.45) is 7.05 Å². The number of nitrogens with zero attached hydrogens (tertiary/aromatic N) is 5. The van der Waals surface area contributed by atoms with Gasteiger partial charge in [-0.2, -0.15) is 9.36 Å². The van der Waals surface area contributed by atoms with Gasteiger partial charge in [-0.1, -0.05) is 35.6 Å². The molecule has 0 saturated heterocycles. The Labute approximate surface area is 177 Å². The van der Waals surface area contributed by atoms with Gasteiger partial charge in [-0.3, -0.25) is 0 Å². The van der Waals surface area contributed by atoms with E-state index in [0.29, 0.717) is 17.5 Å². The van der Waals surface area contributed by atoms with Gasteiger partial charge in [0.2, 0.25) is 0 Å². The van der Waals surface area contributed by atoms with Crippen LogP contribution in [-0.4, -0.2) is 31.4 Å². The molecule has 0 atom stereocenters. The van der Waals surface area contributed by atoms with Crippen molar-refractivity contribution in [3.63, 3.8) is 0 Å². The average molecular weight is 423 g/mol. The maximum Gasteiger partial charge on any atom is 0.368 e. The average Bonchev–Trinajstić information content (AvgIpc) is 3.35. The molecule has 2 aromatic heterocycles. The maximum atomic E-state index is 12.3. The van der Waals surface area contributed by atoms with E-state index in [1.165, 1.54) is 20.7 Å². The van der Waals surface area contributed by atoms with E-state index >= 15 is 0 Å². The van der Waals surface area contributed by atoms with Crippen molar-refractivity contribution < 1.29 is 9.47 Å². The molecule has 0 radical (unpaired) electrons. The summed E-state index contributed by atoms with van der Waals surface area (Å²) in [6, 6.07) is 13.5. The molecule has 0 aliphatic carbocycles. The fourth-order valence-corrected chi connectivity index (χ4v) is 3.72. The minimum Gasteiger partial charge on any atom is -0.494 e. The van der Waals surface area contributed by atoms with Gasteiger partial charge in [-0.05, 0) is 48.0 Å². The molecule has 0 N–H and O–H groups in total. The van der Waals surface area contributed by atoms with Gasteiger partial charge in [-0.15, -0.1) is 0 Å². The lowest BCUT2D eigenvalue weighted by atomic mass is 10.1. The summed E-state index contributed by atoms with van der Waals surface area (Å²) in [5.74, 6) is 0.810. The van der Waals surface area contributed by atoms with E-state index in [-0.39, 0.29) is 12.3 Å². The van der Waals surface area contributed by atoms with Crippen molar-refractivity contribution in [1.82, 2.24) is 24.8 Å². The topological polar surface area (TPSA) is 84.1 Å². The third kappa shape index (κ3) is 3.97. The molecule has 2 aromatic carbocycles. The molecule has 2 heterocycles. The van der Waals surface area contributed by atoms with E-state index < -0.39 is 0 Å². The van der Waals surface area contributed by atoms with Gasteiger partial charge in [0.05, 0.1) is 18.0 Å². The van der Waals surface area contributed by atoms with Gasteiger partial charge in [-0.25, -0.2) is 9.78 Å². The molecule has 0 amide bonds. The summed E-state index contributed by atoms with van der Waals surface area (Å²) in [4.78, 5) is 16.9. The molecule has 0 fully saturated rings. The Balaban J connectivity index is 1.56. The molecule has 0 saturated carbocycles. The molecule has 4 aromatic rings. The van der Waals surface area contributed by atoms with Crippen LogP contribution in [0.4, 0.5) is 0 Å². The summed E-state index contributed by atoms with van der Waals surface area (Å²) in [6.45, 7) is 4.80. The Hall–Kier alpha value is -3.46. The fourth-order valence-electron chi connectivity index (χ4n) is 3.04. The highest BCUT2D eigenvalue weighted by Crippen LogP contribution is 2.29. The molecular weight excluding hydrogens is 402 g/mol. The molecule has 0 spiro atoms. The smallest absolute Gasteiger partial charge is 0.368 e. The molecule has 30 heavy (non-hydrogen) atoms. The zero-order valence-electron chi connectivity index (χ0n) is 16.9. The molecule has 0 aliphatic heterocycles. The summed E-state index contributed by atoms with van der Waals surface area (Å²) in [5, 5.41) is 10.2. The second-order valence-corrected chi connectivity index (χ2v) is 7.44. The molecule has 0 aliphatic rings. The fraction of sp³-hybridized carbons (Fsp3) is 0.238. The van der Waals surface area contributed by atoms with E-state index in [0.717, 1.165) is 28.1 Å². The van der Waals surface area contributed by atoms with Crippen molar-refractivity contribution in [1.29, 1.82) is 0 Å². The third-order valence-corrected chi connectivity index (χ3v) is 5.35. The predicted molar refractivity (Wildman–Crippen MR) is 114 cm³/mol. The van der Waals surface area contributed by atoms with Gasteiger partial charge in [0.25, 0.3) is 5.19 Å². The van der Waals surface area contributed by atoms with Crippen LogP contribution in [0.25, 0.3) is 16.9 Å². The van der Waals surface area contributed by atoms with Gasteiger partial charge >= 0.3 is 5.69 Å². The van der Waals surface area contributed by atoms with E-state index in [2.05, 4.69) is 15.4 Å². The monoisotopic (exact) mass is 423 g/mol. The van der Waals surface area contributed by atoms with Gasteiger partial charge in [0.15, 0.2) is 0 Å². The zero-order chi connectivity index (χ0) is 21.1. The van der Waals surface area contributed by atoms with Crippen LogP contribution in [0.3, 0.4) is 0 Å². The van der Waals surface area contributed by atoms with Crippen LogP contribution >= 0.6 is 11.3 Å². The lowest BCUT2D eigenvalue weighted by Gasteiger charge is -2.11. The number of ether oxygens (including phenoxy) is 2. The van der Waals surface area contributed by atoms with Crippen LogP contribution in [0, 0.1) is 6.92 Å². The van der Waals surface area contributed by atoms with E-state index in [4.69, 9.17) is 9.47 Å². The van der Waals surface area contributed by atoms with Crippen LogP contribution < -0.4 is 15.2 Å². The van der Waals surface area contributed by atoms with Crippen molar-refractivity contribution >= 4 is 11.3 Å². The van der Waals surface area contributed by atoms with E-state index in [1.54, 1.807) is 7.05 Å². The Kier molecular flexibility index (Phi) is 5.62. The second kappa shape index (κ2) is 8.50. The second-order valence-electron chi connectivity index (χ2n) is 6.62. The Morgan fingerprint density at radius 3 is 2.70 bits per heavy atom. The standard InChI is InChI=1S/C21H21N5O3S/c1-4-28-16-9-6-8-15(11-16)18-13-30-20(22-18)29-12-17-14(2)7-5-10-19(17)26-21(27)25(3)23-24-26/h5-11,13H,4,12H2,1-3H3. The number of aryl methyl sites for hydroxylation is 2. The number of thiazole rings is 1. The highest BCUT2D eigenvalue weighted by Gasteiger charge is 2.14. The number of aromatic nitrogens is 5. The highest BCUT2D eigenvalue weighted by molar-refractivity contribution is 7.11. The first kappa shape index (κ1) is 19.8. The summed E-state index contributed by atoms with van der Waals surface area (Å²) in [5.41, 5.74) is 3.98. The number of rotatable bonds is 7. The summed E-state index contributed by atoms with van der Waals surface area (Å²) < 4.78 is 14.0. The number of benzene rings is 2. The van der Waals surface area contributed by atoms with E-state index in [9.17, 15) is 4.79 Å². The Bertz CT molecular complexity index is 1230. The minimum absolute atomic E-state index is 0.261. The molecule has 9 heteroatoms. The molecule has 0 unspecified atom stereocenters. The molecule has 4 rings (SSSR count). The van der Waals surface area contributed by atoms with Gasteiger partial charge in [0.1, 0.15) is 12.4 Å². The maximum absolute atomic E-state index is 12.3. The SMILES string of the molecule is CCOc1cccc(-c2csc(OCc3c(C)cccc3-n3nnn(C)c3=O)n2)c1. The van der Waals surface area contributed by atoms with Crippen LogP contribution in [0.15, 0.2) is 52.6 Å². The van der Waals surface area contributed by atoms with Crippen LogP contribution in [0.2, 0.25) is 0 Å². The van der Waals surface area contributed by atoms with Crippen molar-refractivity contribution in [3.05, 3.63) is 69.5 Å². The summed E-state index contributed by atoms with van der Waals surface area (Å²) >= 11 is 1.42. The zero-order valence-corrected chi connectivity index (χ0v) is 17.7. The molecular formula is C21H21N5O3S. The first-order chi connectivity index (χ1) is 14.6. The molecule has 154 valence electrons. The van der Waals surface area contributed by atoms with Crippen LogP contribution in [0.5, 0.6) is 10.9 Å². The highest BCUT2D eigenvalue weighted by atomic mass is 32.1. The third-order valence-electron chi connectivity index (χ3n) is 4.60. The van der Waals surface area contributed by atoms with E-state index in [1.807, 2.05) is 61.7 Å². The largest absolute Gasteiger partial charge is 0.494 e. The van der Waals surface area contributed by atoms with Gasteiger partial charge in [0, 0.05) is 23.6 Å². The quantitative estimate of drug-likeness (QED) is 0.453. The number of hydrogen-bond acceptors (Lipinski definition) is 7. The van der Waals surface area contributed by atoms with Crippen LogP contribution in [-0.2, 0) is 13.7 Å². The first-order valence-electron chi connectivity index (χ1n) is 9.46.